The van der Waals surface area contributed by atoms with Crippen LogP contribution in [0.2, 0.25) is 0 Å². The second-order valence-corrected chi connectivity index (χ2v) is 3.53. The average Bonchev–Trinajstić information content (AvgIpc) is 2.39. The van der Waals surface area contributed by atoms with E-state index in [1.807, 2.05) is 0 Å². The Bertz CT molecular complexity index is 528. The number of anilines is 1. The SMILES string of the molecule is CN(C(=O)c1ccccn1)c1ccccc1F. The maximum absolute atomic E-state index is 13.5. The minimum absolute atomic E-state index is 0.239. The Balaban J connectivity index is 2.30. The number of rotatable bonds is 2. The summed E-state index contributed by atoms with van der Waals surface area (Å²) in [5.41, 5.74) is 0.529. The van der Waals surface area contributed by atoms with Crippen molar-refractivity contribution >= 4 is 11.6 Å². The van der Waals surface area contributed by atoms with E-state index in [9.17, 15) is 9.18 Å². The molecule has 0 aliphatic rings. The third-order valence-electron chi connectivity index (χ3n) is 2.40. The number of carbonyl (C=O) groups excluding carboxylic acids is 1. The van der Waals surface area contributed by atoms with E-state index in [1.54, 1.807) is 36.4 Å². The van der Waals surface area contributed by atoms with Crippen LogP contribution in [-0.2, 0) is 0 Å². The van der Waals surface area contributed by atoms with Gasteiger partial charge in [0.25, 0.3) is 5.91 Å². The molecular weight excluding hydrogens is 219 g/mol. The number of nitrogens with zero attached hydrogens (tertiary/aromatic N) is 2. The first-order chi connectivity index (χ1) is 8.20. The van der Waals surface area contributed by atoms with Gasteiger partial charge in [0.05, 0.1) is 5.69 Å². The lowest BCUT2D eigenvalue weighted by Gasteiger charge is -2.17. The summed E-state index contributed by atoms with van der Waals surface area (Å²) < 4.78 is 13.5. The Morgan fingerprint density at radius 3 is 2.53 bits per heavy atom. The van der Waals surface area contributed by atoms with Gasteiger partial charge in [-0.3, -0.25) is 9.78 Å². The minimum atomic E-state index is -0.431. The molecule has 0 saturated carbocycles. The maximum atomic E-state index is 13.5. The number of halogens is 1. The molecule has 1 heterocycles. The monoisotopic (exact) mass is 230 g/mol. The Morgan fingerprint density at radius 1 is 1.18 bits per heavy atom. The molecule has 86 valence electrons. The summed E-state index contributed by atoms with van der Waals surface area (Å²) in [6.45, 7) is 0. The standard InChI is InChI=1S/C13H11FN2O/c1-16(12-8-3-2-6-10(12)14)13(17)11-7-4-5-9-15-11/h2-9H,1H3. The van der Waals surface area contributed by atoms with Crippen molar-refractivity contribution in [1.29, 1.82) is 0 Å². The smallest absolute Gasteiger partial charge is 0.276 e. The molecule has 0 aliphatic carbocycles. The number of amides is 1. The molecule has 0 fully saturated rings. The topological polar surface area (TPSA) is 33.2 Å². The lowest BCUT2D eigenvalue weighted by Crippen LogP contribution is -2.27. The van der Waals surface area contributed by atoms with Crippen molar-refractivity contribution < 1.29 is 9.18 Å². The Labute approximate surface area is 98.5 Å². The third kappa shape index (κ3) is 2.30. The van der Waals surface area contributed by atoms with Gasteiger partial charge >= 0.3 is 0 Å². The van der Waals surface area contributed by atoms with Gasteiger partial charge in [0.1, 0.15) is 11.5 Å². The van der Waals surface area contributed by atoms with Crippen LogP contribution in [-0.4, -0.2) is 17.9 Å². The number of benzene rings is 1. The molecule has 0 unspecified atom stereocenters. The van der Waals surface area contributed by atoms with E-state index in [1.165, 1.54) is 24.2 Å². The normalized spacial score (nSPS) is 10.0. The number of carbonyl (C=O) groups is 1. The van der Waals surface area contributed by atoms with Crippen LogP contribution in [0.25, 0.3) is 0 Å². The molecule has 2 aromatic rings. The van der Waals surface area contributed by atoms with Gasteiger partial charge in [-0.05, 0) is 24.3 Å². The molecule has 0 N–H and O–H groups in total. The fraction of sp³-hybridized carbons (Fsp3) is 0.0769. The van der Waals surface area contributed by atoms with Crippen molar-refractivity contribution in [3.05, 3.63) is 60.2 Å². The lowest BCUT2D eigenvalue weighted by molar-refractivity contribution is 0.0987. The summed E-state index contributed by atoms with van der Waals surface area (Å²) >= 11 is 0. The zero-order chi connectivity index (χ0) is 12.3. The van der Waals surface area contributed by atoms with Crippen molar-refractivity contribution in [2.75, 3.05) is 11.9 Å². The van der Waals surface area contributed by atoms with Crippen LogP contribution in [0, 0.1) is 5.82 Å². The summed E-state index contributed by atoms with van der Waals surface area (Å²) in [6.07, 6.45) is 1.53. The molecule has 3 nitrogen and oxygen atoms in total. The average molecular weight is 230 g/mol. The van der Waals surface area contributed by atoms with Gasteiger partial charge in [-0.15, -0.1) is 0 Å². The summed E-state index contributed by atoms with van der Waals surface area (Å²) in [7, 11) is 1.52. The molecule has 4 heteroatoms. The van der Waals surface area contributed by atoms with E-state index < -0.39 is 5.82 Å². The highest BCUT2D eigenvalue weighted by Crippen LogP contribution is 2.18. The molecule has 1 aromatic carbocycles. The molecule has 0 radical (unpaired) electrons. The van der Waals surface area contributed by atoms with Gasteiger partial charge in [-0.25, -0.2) is 4.39 Å². The third-order valence-corrected chi connectivity index (χ3v) is 2.40. The molecule has 0 aliphatic heterocycles. The van der Waals surface area contributed by atoms with E-state index in [4.69, 9.17) is 0 Å². The Hall–Kier alpha value is -2.23. The number of hydrogen-bond acceptors (Lipinski definition) is 2. The quantitative estimate of drug-likeness (QED) is 0.794. The van der Waals surface area contributed by atoms with Crippen LogP contribution < -0.4 is 4.90 Å². The van der Waals surface area contributed by atoms with E-state index >= 15 is 0 Å². The Morgan fingerprint density at radius 2 is 1.88 bits per heavy atom. The van der Waals surface area contributed by atoms with E-state index in [0.29, 0.717) is 5.69 Å². The fourth-order valence-corrected chi connectivity index (χ4v) is 1.49. The molecule has 0 saturated heterocycles. The van der Waals surface area contributed by atoms with Gasteiger partial charge in [0.15, 0.2) is 0 Å². The van der Waals surface area contributed by atoms with Crippen molar-refractivity contribution in [1.82, 2.24) is 4.98 Å². The number of hydrogen-bond donors (Lipinski definition) is 0. The van der Waals surface area contributed by atoms with Crippen LogP contribution in [0.4, 0.5) is 10.1 Å². The van der Waals surface area contributed by atoms with Crippen LogP contribution >= 0.6 is 0 Å². The van der Waals surface area contributed by atoms with Gasteiger partial charge in [0, 0.05) is 13.2 Å². The lowest BCUT2D eigenvalue weighted by atomic mass is 10.2. The first-order valence-corrected chi connectivity index (χ1v) is 5.14. The van der Waals surface area contributed by atoms with Gasteiger partial charge in [-0.2, -0.15) is 0 Å². The van der Waals surface area contributed by atoms with Crippen molar-refractivity contribution in [2.24, 2.45) is 0 Å². The summed E-state index contributed by atoms with van der Waals surface area (Å²) in [4.78, 5) is 17.2. The largest absolute Gasteiger partial charge is 0.307 e. The number of aromatic nitrogens is 1. The van der Waals surface area contributed by atoms with E-state index in [2.05, 4.69) is 4.98 Å². The summed E-state index contributed by atoms with van der Waals surface area (Å²) in [5, 5.41) is 0. The van der Waals surface area contributed by atoms with E-state index in [0.717, 1.165) is 0 Å². The predicted molar refractivity (Wildman–Crippen MR) is 63.4 cm³/mol. The molecule has 2 rings (SSSR count). The molecule has 0 spiro atoms. The number of pyridine rings is 1. The Kier molecular flexibility index (Phi) is 3.14. The first kappa shape index (κ1) is 11.3. The van der Waals surface area contributed by atoms with Crippen LogP contribution in [0.15, 0.2) is 48.7 Å². The zero-order valence-corrected chi connectivity index (χ0v) is 9.30. The van der Waals surface area contributed by atoms with Gasteiger partial charge in [-0.1, -0.05) is 18.2 Å². The zero-order valence-electron chi connectivity index (χ0n) is 9.30. The van der Waals surface area contributed by atoms with Crippen molar-refractivity contribution in [3.8, 4) is 0 Å². The minimum Gasteiger partial charge on any atom is -0.307 e. The highest BCUT2D eigenvalue weighted by atomic mass is 19.1. The molecule has 1 amide bonds. The second kappa shape index (κ2) is 4.74. The van der Waals surface area contributed by atoms with Gasteiger partial charge in [0.2, 0.25) is 0 Å². The molecule has 1 aromatic heterocycles. The molecular formula is C13H11FN2O. The van der Waals surface area contributed by atoms with E-state index in [-0.39, 0.29) is 11.6 Å². The van der Waals surface area contributed by atoms with Crippen molar-refractivity contribution in [3.63, 3.8) is 0 Å². The molecule has 0 bridgehead atoms. The number of para-hydroxylation sites is 1. The first-order valence-electron chi connectivity index (χ1n) is 5.14. The summed E-state index contributed by atoms with van der Waals surface area (Å²) in [5.74, 6) is -0.769. The highest BCUT2D eigenvalue weighted by Gasteiger charge is 2.16. The van der Waals surface area contributed by atoms with Crippen LogP contribution in [0.1, 0.15) is 10.5 Å². The van der Waals surface area contributed by atoms with Crippen LogP contribution in [0.3, 0.4) is 0 Å². The fourth-order valence-electron chi connectivity index (χ4n) is 1.49. The summed E-state index contributed by atoms with van der Waals surface area (Å²) in [6, 6.07) is 11.2. The second-order valence-electron chi connectivity index (χ2n) is 3.53. The highest BCUT2D eigenvalue weighted by molar-refractivity contribution is 6.04. The molecule has 17 heavy (non-hydrogen) atoms. The van der Waals surface area contributed by atoms with Gasteiger partial charge < -0.3 is 4.90 Å². The van der Waals surface area contributed by atoms with Crippen molar-refractivity contribution in [2.45, 2.75) is 0 Å². The molecule has 0 atom stereocenters. The predicted octanol–water partition coefficient (Wildman–Crippen LogP) is 2.50. The van der Waals surface area contributed by atoms with Crippen LogP contribution in [0.5, 0.6) is 0 Å². The maximum Gasteiger partial charge on any atom is 0.276 e.